The number of carbonyl (C=O) groups is 1. The average molecular weight is 302 g/mol. The number of methoxy groups -OCH3 is 1. The molecule has 118 valence electrons. The van der Waals surface area contributed by atoms with E-state index in [-0.39, 0.29) is 5.91 Å². The minimum atomic E-state index is -0.0423. The van der Waals surface area contributed by atoms with Crippen molar-refractivity contribution in [1.29, 1.82) is 0 Å². The zero-order chi connectivity index (χ0) is 15.9. The molecule has 1 N–H and O–H groups in total. The molecule has 0 saturated carbocycles. The van der Waals surface area contributed by atoms with Crippen LogP contribution in [0.25, 0.3) is 0 Å². The molecule has 0 unspecified atom stereocenters. The lowest BCUT2D eigenvalue weighted by Gasteiger charge is -2.05. The van der Waals surface area contributed by atoms with E-state index in [0.717, 1.165) is 36.3 Å². The lowest BCUT2D eigenvalue weighted by molar-refractivity contribution is -0.116. The van der Waals surface area contributed by atoms with E-state index < -0.39 is 0 Å². The Morgan fingerprint density at radius 2 is 2.05 bits per heavy atom. The molecule has 1 heterocycles. The maximum atomic E-state index is 12.0. The van der Waals surface area contributed by atoms with Gasteiger partial charge in [-0.1, -0.05) is 24.2 Å². The van der Waals surface area contributed by atoms with Crippen LogP contribution in [0.3, 0.4) is 0 Å². The SMILES string of the molecule is CCc1c(C)noc1NC(=O)CCCc1ccc(OC)cc1. The molecule has 0 radical (unpaired) electrons. The Kier molecular flexibility index (Phi) is 5.58. The lowest BCUT2D eigenvalue weighted by atomic mass is 10.1. The van der Waals surface area contributed by atoms with Crippen molar-refractivity contribution in [3.63, 3.8) is 0 Å². The summed E-state index contributed by atoms with van der Waals surface area (Å²) in [5.74, 6) is 1.28. The van der Waals surface area contributed by atoms with Crippen LogP contribution in [0.5, 0.6) is 5.75 Å². The first-order chi connectivity index (χ1) is 10.6. The second-order valence-electron chi connectivity index (χ2n) is 5.18. The second-order valence-corrected chi connectivity index (χ2v) is 5.18. The predicted octanol–water partition coefficient (Wildman–Crippen LogP) is 3.52. The van der Waals surface area contributed by atoms with Crippen molar-refractivity contribution in [1.82, 2.24) is 5.16 Å². The number of carbonyl (C=O) groups excluding carboxylic acids is 1. The Balaban J connectivity index is 1.80. The summed E-state index contributed by atoms with van der Waals surface area (Å²) in [4.78, 5) is 12.0. The van der Waals surface area contributed by atoms with Crippen LogP contribution in [-0.4, -0.2) is 18.2 Å². The zero-order valence-corrected chi connectivity index (χ0v) is 13.3. The van der Waals surface area contributed by atoms with Crippen LogP contribution in [0.2, 0.25) is 0 Å². The highest BCUT2D eigenvalue weighted by Gasteiger charge is 2.13. The van der Waals surface area contributed by atoms with Crippen LogP contribution in [0.4, 0.5) is 5.88 Å². The molecular formula is C17H22N2O3. The minimum Gasteiger partial charge on any atom is -0.497 e. The van der Waals surface area contributed by atoms with Gasteiger partial charge in [0.05, 0.1) is 12.8 Å². The van der Waals surface area contributed by atoms with Gasteiger partial charge in [-0.05, 0) is 43.9 Å². The van der Waals surface area contributed by atoms with E-state index in [4.69, 9.17) is 9.26 Å². The van der Waals surface area contributed by atoms with Gasteiger partial charge in [-0.3, -0.25) is 10.1 Å². The molecular weight excluding hydrogens is 280 g/mol. The van der Waals surface area contributed by atoms with Gasteiger partial charge in [0.2, 0.25) is 11.8 Å². The third-order valence-corrected chi connectivity index (χ3v) is 3.62. The van der Waals surface area contributed by atoms with E-state index in [9.17, 15) is 4.79 Å². The highest BCUT2D eigenvalue weighted by atomic mass is 16.5. The number of nitrogens with one attached hydrogen (secondary N) is 1. The number of rotatable bonds is 7. The average Bonchev–Trinajstić information content (AvgIpc) is 2.87. The van der Waals surface area contributed by atoms with E-state index in [0.29, 0.717) is 12.3 Å². The Bertz CT molecular complexity index is 617. The molecule has 5 nitrogen and oxygen atoms in total. The summed E-state index contributed by atoms with van der Waals surface area (Å²) >= 11 is 0. The van der Waals surface area contributed by atoms with Crippen LogP contribution >= 0.6 is 0 Å². The molecule has 0 aliphatic carbocycles. The highest BCUT2D eigenvalue weighted by Crippen LogP contribution is 2.20. The molecule has 0 aliphatic heterocycles. The molecule has 1 amide bonds. The van der Waals surface area contributed by atoms with Gasteiger partial charge in [-0.15, -0.1) is 0 Å². The largest absolute Gasteiger partial charge is 0.497 e. The topological polar surface area (TPSA) is 64.4 Å². The molecule has 2 rings (SSSR count). The van der Waals surface area contributed by atoms with Gasteiger partial charge in [-0.2, -0.15) is 0 Å². The summed E-state index contributed by atoms with van der Waals surface area (Å²) in [5.41, 5.74) is 2.98. The van der Waals surface area contributed by atoms with E-state index in [1.54, 1.807) is 7.11 Å². The summed E-state index contributed by atoms with van der Waals surface area (Å²) < 4.78 is 10.3. The maximum Gasteiger partial charge on any atom is 0.234 e. The zero-order valence-electron chi connectivity index (χ0n) is 13.3. The van der Waals surface area contributed by atoms with E-state index in [1.807, 2.05) is 38.1 Å². The first kappa shape index (κ1) is 16.1. The number of aryl methyl sites for hydroxylation is 2. The van der Waals surface area contributed by atoms with Gasteiger partial charge in [0.15, 0.2) is 0 Å². The summed E-state index contributed by atoms with van der Waals surface area (Å²) in [6, 6.07) is 7.90. The lowest BCUT2D eigenvalue weighted by Crippen LogP contribution is -2.12. The van der Waals surface area contributed by atoms with Gasteiger partial charge in [-0.25, -0.2) is 0 Å². The molecule has 0 aliphatic rings. The maximum absolute atomic E-state index is 12.0. The van der Waals surface area contributed by atoms with Crippen molar-refractivity contribution in [2.45, 2.75) is 39.5 Å². The minimum absolute atomic E-state index is 0.0423. The number of ether oxygens (including phenoxy) is 1. The van der Waals surface area contributed by atoms with Crippen molar-refractivity contribution in [2.75, 3.05) is 12.4 Å². The van der Waals surface area contributed by atoms with E-state index in [2.05, 4.69) is 10.5 Å². The van der Waals surface area contributed by atoms with Crippen molar-refractivity contribution in [3.8, 4) is 5.75 Å². The molecule has 0 bridgehead atoms. The van der Waals surface area contributed by atoms with Crippen molar-refractivity contribution in [2.24, 2.45) is 0 Å². The normalized spacial score (nSPS) is 10.5. The number of aromatic nitrogens is 1. The molecule has 0 fully saturated rings. The number of anilines is 1. The molecule has 2 aromatic rings. The van der Waals surface area contributed by atoms with E-state index in [1.165, 1.54) is 5.56 Å². The first-order valence-electron chi connectivity index (χ1n) is 7.52. The number of hydrogen-bond donors (Lipinski definition) is 1. The third kappa shape index (κ3) is 4.10. The second kappa shape index (κ2) is 7.64. The Labute approximate surface area is 130 Å². The van der Waals surface area contributed by atoms with Crippen molar-refractivity contribution < 1.29 is 14.1 Å². The van der Waals surface area contributed by atoms with Crippen LogP contribution in [0, 0.1) is 6.92 Å². The Morgan fingerprint density at radius 1 is 1.32 bits per heavy atom. The molecule has 1 aromatic carbocycles. The Hall–Kier alpha value is -2.30. The van der Waals surface area contributed by atoms with Gasteiger partial charge in [0.1, 0.15) is 5.75 Å². The van der Waals surface area contributed by atoms with Gasteiger partial charge in [0.25, 0.3) is 0 Å². The number of hydrogen-bond acceptors (Lipinski definition) is 4. The quantitative estimate of drug-likeness (QED) is 0.850. The van der Waals surface area contributed by atoms with Gasteiger partial charge < -0.3 is 9.26 Å². The summed E-state index contributed by atoms with van der Waals surface area (Å²) in [7, 11) is 1.65. The van der Waals surface area contributed by atoms with E-state index >= 15 is 0 Å². The summed E-state index contributed by atoms with van der Waals surface area (Å²) in [6.07, 6.45) is 2.88. The standard InChI is InChI=1S/C17H22N2O3/c1-4-15-12(2)19-22-17(15)18-16(20)7-5-6-13-8-10-14(21-3)11-9-13/h8-11H,4-7H2,1-3H3,(H,18,20). The smallest absolute Gasteiger partial charge is 0.234 e. The fourth-order valence-electron chi connectivity index (χ4n) is 2.34. The van der Waals surface area contributed by atoms with Crippen molar-refractivity contribution in [3.05, 3.63) is 41.1 Å². The first-order valence-corrected chi connectivity index (χ1v) is 7.52. The summed E-state index contributed by atoms with van der Waals surface area (Å²) in [5, 5.41) is 6.68. The highest BCUT2D eigenvalue weighted by molar-refractivity contribution is 5.90. The monoisotopic (exact) mass is 302 g/mol. The van der Waals surface area contributed by atoms with Crippen LogP contribution < -0.4 is 10.1 Å². The van der Waals surface area contributed by atoms with Crippen LogP contribution in [-0.2, 0) is 17.6 Å². The number of benzene rings is 1. The van der Waals surface area contributed by atoms with Crippen LogP contribution in [0.15, 0.2) is 28.8 Å². The fraction of sp³-hybridized carbons (Fsp3) is 0.412. The third-order valence-electron chi connectivity index (χ3n) is 3.62. The van der Waals surface area contributed by atoms with Gasteiger partial charge in [0, 0.05) is 12.0 Å². The fourth-order valence-corrected chi connectivity index (χ4v) is 2.34. The molecule has 5 heteroatoms. The Morgan fingerprint density at radius 3 is 2.68 bits per heavy atom. The molecule has 22 heavy (non-hydrogen) atoms. The molecule has 1 aromatic heterocycles. The molecule has 0 spiro atoms. The van der Waals surface area contributed by atoms with Crippen LogP contribution in [0.1, 0.15) is 36.6 Å². The van der Waals surface area contributed by atoms with Crippen molar-refractivity contribution >= 4 is 11.8 Å². The summed E-state index contributed by atoms with van der Waals surface area (Å²) in [6.45, 7) is 3.89. The van der Waals surface area contributed by atoms with Gasteiger partial charge >= 0.3 is 0 Å². The number of amides is 1. The predicted molar refractivity (Wildman–Crippen MR) is 85.2 cm³/mol. The molecule has 0 saturated heterocycles. The number of nitrogens with zero attached hydrogens (tertiary/aromatic N) is 1. The molecule has 0 atom stereocenters.